The lowest BCUT2D eigenvalue weighted by atomic mass is 9.98. The van der Waals surface area contributed by atoms with Gasteiger partial charge in [0.2, 0.25) is 0 Å². The van der Waals surface area contributed by atoms with Gasteiger partial charge >= 0.3 is 0 Å². The summed E-state index contributed by atoms with van der Waals surface area (Å²) >= 11 is 0. The Morgan fingerprint density at radius 3 is 2.72 bits per heavy atom. The van der Waals surface area contributed by atoms with E-state index in [1.54, 1.807) is 31.4 Å². The second-order valence-corrected chi connectivity index (χ2v) is 6.35. The van der Waals surface area contributed by atoms with Crippen LogP contribution in [0, 0.1) is 0 Å². The van der Waals surface area contributed by atoms with E-state index in [1.165, 1.54) is 6.08 Å². The Morgan fingerprint density at radius 2 is 1.96 bits per heavy atom. The number of rotatable bonds is 4. The molecule has 4 nitrogen and oxygen atoms in total. The first-order valence-corrected chi connectivity index (χ1v) is 8.01. The first-order valence-electron chi connectivity index (χ1n) is 8.01. The first kappa shape index (κ1) is 16.8. The molecular formula is C21H20O4. The molecule has 0 saturated carbocycles. The van der Waals surface area contributed by atoms with E-state index in [0.29, 0.717) is 17.1 Å². The minimum absolute atomic E-state index is 0.0704. The van der Waals surface area contributed by atoms with Gasteiger partial charge in [0.25, 0.3) is 0 Å². The van der Waals surface area contributed by atoms with Gasteiger partial charge in [0, 0.05) is 5.56 Å². The zero-order chi connectivity index (χ0) is 18.0. The van der Waals surface area contributed by atoms with Gasteiger partial charge < -0.3 is 14.6 Å². The predicted molar refractivity (Wildman–Crippen MR) is 98.2 cm³/mol. The van der Waals surface area contributed by atoms with E-state index in [4.69, 9.17) is 9.47 Å². The number of carbonyl (C=O) groups excluding carboxylic acids is 1. The molecule has 1 heterocycles. The van der Waals surface area contributed by atoms with E-state index in [2.05, 4.69) is 0 Å². The van der Waals surface area contributed by atoms with Gasteiger partial charge in [-0.3, -0.25) is 4.79 Å². The number of carbonyl (C=O) groups is 1. The maximum atomic E-state index is 12.5. The number of aromatic hydroxyl groups is 1. The fourth-order valence-electron chi connectivity index (χ4n) is 2.70. The van der Waals surface area contributed by atoms with Crippen LogP contribution in [-0.2, 0) is 0 Å². The summed E-state index contributed by atoms with van der Waals surface area (Å²) in [7, 11) is 1.58. The molecule has 0 amide bonds. The number of ether oxygens (including phenoxy) is 2. The fraction of sp³-hybridized carbons (Fsp3) is 0.190. The van der Waals surface area contributed by atoms with Gasteiger partial charge in [-0.1, -0.05) is 18.2 Å². The molecule has 2 aromatic carbocycles. The van der Waals surface area contributed by atoms with Crippen LogP contribution in [0.5, 0.6) is 17.2 Å². The lowest BCUT2D eigenvalue weighted by molar-refractivity contribution is 0.104. The molecule has 1 aliphatic heterocycles. The molecule has 0 atom stereocenters. The van der Waals surface area contributed by atoms with E-state index in [9.17, 15) is 9.90 Å². The Morgan fingerprint density at radius 1 is 1.20 bits per heavy atom. The lowest BCUT2D eigenvalue weighted by Crippen LogP contribution is -2.27. The summed E-state index contributed by atoms with van der Waals surface area (Å²) in [5.74, 6) is 0.887. The monoisotopic (exact) mass is 336 g/mol. The van der Waals surface area contributed by atoms with Crippen molar-refractivity contribution in [1.82, 2.24) is 0 Å². The van der Waals surface area contributed by atoms with Crippen LogP contribution in [0.3, 0.4) is 0 Å². The lowest BCUT2D eigenvalue weighted by Gasteiger charge is -2.28. The minimum atomic E-state index is -0.436. The summed E-state index contributed by atoms with van der Waals surface area (Å²) in [6.07, 6.45) is 6.75. The van der Waals surface area contributed by atoms with Crippen molar-refractivity contribution in [2.75, 3.05) is 7.11 Å². The van der Waals surface area contributed by atoms with Crippen molar-refractivity contribution in [3.63, 3.8) is 0 Å². The second-order valence-electron chi connectivity index (χ2n) is 6.35. The van der Waals surface area contributed by atoms with Gasteiger partial charge in [0.05, 0.1) is 18.2 Å². The molecule has 0 saturated heterocycles. The van der Waals surface area contributed by atoms with E-state index in [0.717, 1.165) is 5.56 Å². The number of fused-ring (bicyclic) bond motifs is 1. The molecule has 0 bridgehead atoms. The number of ketones is 1. The summed E-state index contributed by atoms with van der Waals surface area (Å²) in [5, 5.41) is 10.5. The molecule has 0 fully saturated rings. The Balaban J connectivity index is 1.90. The highest BCUT2D eigenvalue weighted by molar-refractivity contribution is 6.09. The van der Waals surface area contributed by atoms with E-state index in [1.807, 2.05) is 44.2 Å². The molecule has 25 heavy (non-hydrogen) atoms. The highest BCUT2D eigenvalue weighted by Crippen LogP contribution is 2.38. The Kier molecular flexibility index (Phi) is 4.36. The molecule has 0 aromatic heterocycles. The molecule has 2 aromatic rings. The summed E-state index contributed by atoms with van der Waals surface area (Å²) in [6.45, 7) is 3.86. The SMILES string of the molecule is COc1ccccc1/C=C/C(=O)c1ccc2c(c1O)C=CC(C)(C)O2. The predicted octanol–water partition coefficient (Wildman–Crippen LogP) is 4.48. The Labute approximate surface area is 147 Å². The second kappa shape index (κ2) is 6.48. The van der Waals surface area contributed by atoms with Crippen LogP contribution in [0.25, 0.3) is 12.2 Å². The maximum Gasteiger partial charge on any atom is 0.189 e. The molecule has 128 valence electrons. The van der Waals surface area contributed by atoms with Gasteiger partial charge in [0.1, 0.15) is 22.8 Å². The van der Waals surface area contributed by atoms with Crippen molar-refractivity contribution < 1.29 is 19.4 Å². The smallest absolute Gasteiger partial charge is 0.189 e. The number of allylic oxidation sites excluding steroid dienone is 1. The molecule has 1 aliphatic rings. The van der Waals surface area contributed by atoms with Crippen molar-refractivity contribution in [1.29, 1.82) is 0 Å². The topological polar surface area (TPSA) is 55.8 Å². The van der Waals surface area contributed by atoms with Crippen LogP contribution in [-0.4, -0.2) is 23.6 Å². The third-order valence-corrected chi connectivity index (χ3v) is 4.02. The Bertz CT molecular complexity index is 875. The van der Waals surface area contributed by atoms with Gasteiger partial charge in [0.15, 0.2) is 5.78 Å². The first-order chi connectivity index (χ1) is 11.9. The highest BCUT2D eigenvalue weighted by atomic mass is 16.5. The molecule has 1 N–H and O–H groups in total. The quantitative estimate of drug-likeness (QED) is 0.660. The molecule has 4 heteroatoms. The van der Waals surface area contributed by atoms with Crippen LogP contribution in [0.15, 0.2) is 48.6 Å². The molecular weight excluding hydrogens is 316 g/mol. The number of hydrogen-bond donors (Lipinski definition) is 1. The Hall–Kier alpha value is -3.01. The van der Waals surface area contributed by atoms with Crippen LogP contribution >= 0.6 is 0 Å². The zero-order valence-electron chi connectivity index (χ0n) is 14.4. The number of hydrogen-bond acceptors (Lipinski definition) is 4. The zero-order valence-corrected chi connectivity index (χ0v) is 14.4. The largest absolute Gasteiger partial charge is 0.506 e. The molecule has 0 radical (unpaired) electrons. The summed E-state index contributed by atoms with van der Waals surface area (Å²) in [6, 6.07) is 10.7. The van der Waals surface area contributed by atoms with Crippen molar-refractivity contribution in [2.45, 2.75) is 19.4 Å². The maximum absolute atomic E-state index is 12.5. The van der Waals surface area contributed by atoms with Crippen molar-refractivity contribution in [2.24, 2.45) is 0 Å². The van der Waals surface area contributed by atoms with E-state index in [-0.39, 0.29) is 17.1 Å². The van der Waals surface area contributed by atoms with E-state index >= 15 is 0 Å². The number of phenolic OH excluding ortho intramolecular Hbond substituents is 1. The summed E-state index contributed by atoms with van der Waals surface area (Å²) in [4.78, 5) is 12.5. The molecule has 0 aliphatic carbocycles. The van der Waals surface area contributed by atoms with Gasteiger partial charge in [-0.05, 0) is 56.4 Å². The summed E-state index contributed by atoms with van der Waals surface area (Å²) < 4.78 is 11.1. The standard InChI is InChI=1S/C21H20O4/c1-21(2)13-12-16-19(25-21)11-9-15(20(16)23)17(22)10-8-14-6-4-5-7-18(14)24-3/h4-13,23H,1-3H3/b10-8+. The number of para-hydroxylation sites is 1. The molecule has 0 spiro atoms. The van der Waals surface area contributed by atoms with Crippen molar-refractivity contribution in [3.05, 3.63) is 65.2 Å². The van der Waals surface area contributed by atoms with Crippen molar-refractivity contribution in [3.8, 4) is 17.2 Å². The van der Waals surface area contributed by atoms with Crippen LogP contribution in [0.1, 0.15) is 35.3 Å². The van der Waals surface area contributed by atoms with Gasteiger partial charge in [-0.15, -0.1) is 0 Å². The van der Waals surface area contributed by atoms with Crippen LogP contribution in [0.4, 0.5) is 0 Å². The van der Waals surface area contributed by atoms with Crippen LogP contribution < -0.4 is 9.47 Å². The molecule has 0 unspecified atom stereocenters. The van der Waals surface area contributed by atoms with Gasteiger partial charge in [-0.25, -0.2) is 0 Å². The third kappa shape index (κ3) is 3.43. The highest BCUT2D eigenvalue weighted by Gasteiger charge is 2.25. The summed E-state index contributed by atoms with van der Waals surface area (Å²) in [5.41, 5.74) is 1.11. The minimum Gasteiger partial charge on any atom is -0.506 e. The number of phenols is 1. The molecule has 3 rings (SSSR count). The van der Waals surface area contributed by atoms with Crippen molar-refractivity contribution >= 4 is 17.9 Å². The third-order valence-electron chi connectivity index (χ3n) is 4.02. The average Bonchev–Trinajstić information content (AvgIpc) is 2.59. The van der Waals surface area contributed by atoms with E-state index < -0.39 is 5.60 Å². The number of benzene rings is 2. The number of methoxy groups -OCH3 is 1. The average molecular weight is 336 g/mol. The fourth-order valence-corrected chi connectivity index (χ4v) is 2.70. The van der Waals surface area contributed by atoms with Crippen LogP contribution in [0.2, 0.25) is 0 Å². The normalized spacial score (nSPS) is 14.8. The van der Waals surface area contributed by atoms with Gasteiger partial charge in [-0.2, -0.15) is 0 Å².